The number of hydrogen-bond acceptors (Lipinski definition) is 6. The first-order valence-corrected chi connectivity index (χ1v) is 12.2. The predicted molar refractivity (Wildman–Crippen MR) is 127 cm³/mol. The Kier molecular flexibility index (Phi) is 7.76. The third kappa shape index (κ3) is 5.80. The van der Waals surface area contributed by atoms with Crippen molar-refractivity contribution in [3.05, 3.63) is 53.1 Å². The molecule has 0 radical (unpaired) electrons. The van der Waals surface area contributed by atoms with Crippen molar-refractivity contribution >= 4 is 23.4 Å². The number of aliphatic hydroxyl groups is 1. The molecule has 2 aromatic rings. The van der Waals surface area contributed by atoms with Crippen LogP contribution >= 0.6 is 11.6 Å². The summed E-state index contributed by atoms with van der Waals surface area (Å²) >= 11 is 5.64. The Labute approximate surface area is 220 Å². The Bertz CT molecular complexity index is 1190. The van der Waals surface area contributed by atoms with Crippen LogP contribution in [0.25, 0.3) is 0 Å². The van der Waals surface area contributed by atoms with Crippen molar-refractivity contribution in [2.24, 2.45) is 0 Å². The van der Waals surface area contributed by atoms with Crippen LogP contribution in [0.2, 0.25) is 5.02 Å². The minimum atomic E-state index is -4.58. The zero-order chi connectivity index (χ0) is 27.7. The summed E-state index contributed by atoms with van der Waals surface area (Å²) in [4.78, 5) is 30.1. The van der Waals surface area contributed by atoms with Gasteiger partial charge in [0.15, 0.2) is 13.2 Å². The Morgan fingerprint density at radius 2 is 1.79 bits per heavy atom. The van der Waals surface area contributed by atoms with Crippen LogP contribution in [0.3, 0.4) is 0 Å². The second kappa shape index (κ2) is 10.6. The van der Waals surface area contributed by atoms with Crippen LogP contribution in [0.1, 0.15) is 37.8 Å². The minimum absolute atomic E-state index is 0.00961. The fourth-order valence-electron chi connectivity index (χ4n) is 5.16. The third-order valence-electron chi connectivity index (χ3n) is 7.37. The molecule has 2 amide bonds. The van der Waals surface area contributed by atoms with Crippen LogP contribution in [0, 0.1) is 5.82 Å². The first kappa shape index (κ1) is 27.9. The molecule has 3 aliphatic rings. The van der Waals surface area contributed by atoms with Gasteiger partial charge in [0.25, 0.3) is 11.8 Å². The molecule has 206 valence electrons. The highest BCUT2D eigenvalue weighted by Crippen LogP contribution is 2.49. The second-order valence-corrected chi connectivity index (χ2v) is 10.0. The summed E-state index contributed by atoms with van der Waals surface area (Å²) in [5, 5.41) is 13.9. The first-order valence-electron chi connectivity index (χ1n) is 11.8. The predicted octanol–water partition coefficient (Wildman–Crippen LogP) is 3.74. The van der Waals surface area contributed by atoms with Crippen molar-refractivity contribution in [2.75, 3.05) is 20.3 Å². The molecule has 1 aromatic carbocycles. The number of fused-ring (bicyclic) bond motifs is 3. The van der Waals surface area contributed by atoms with Crippen molar-refractivity contribution in [3.63, 3.8) is 0 Å². The number of alkyl halides is 3. The zero-order valence-electron chi connectivity index (χ0n) is 20.4. The number of aromatic nitrogens is 1. The highest BCUT2D eigenvalue weighted by atomic mass is 35.5. The van der Waals surface area contributed by atoms with Gasteiger partial charge in [-0.1, -0.05) is 11.6 Å². The highest BCUT2D eigenvalue weighted by molar-refractivity contribution is 6.30. The lowest BCUT2D eigenvalue weighted by Crippen LogP contribution is -2.70. The summed E-state index contributed by atoms with van der Waals surface area (Å²) in [7, 11) is 1.55. The number of benzene rings is 1. The Morgan fingerprint density at radius 1 is 1.13 bits per heavy atom. The van der Waals surface area contributed by atoms with Crippen molar-refractivity contribution in [2.45, 2.75) is 55.5 Å². The smallest absolute Gasteiger partial charge is 0.433 e. The zero-order valence-corrected chi connectivity index (χ0v) is 21.1. The summed E-state index contributed by atoms with van der Waals surface area (Å²) in [6.45, 7) is -0.791. The van der Waals surface area contributed by atoms with E-state index in [1.165, 1.54) is 17.0 Å². The topological polar surface area (TPSA) is 101 Å². The van der Waals surface area contributed by atoms with Crippen LogP contribution in [-0.4, -0.2) is 64.2 Å². The molecule has 2 bridgehead atoms. The number of hydrogen-bond donors (Lipinski definition) is 2. The maximum absolute atomic E-state index is 13.6. The molecule has 1 atom stereocenters. The van der Waals surface area contributed by atoms with Gasteiger partial charge in [0.2, 0.25) is 0 Å². The van der Waals surface area contributed by atoms with Gasteiger partial charge in [-0.2, -0.15) is 13.2 Å². The van der Waals surface area contributed by atoms with Crippen molar-refractivity contribution < 1.29 is 41.7 Å². The van der Waals surface area contributed by atoms with E-state index in [1.54, 1.807) is 7.05 Å². The number of nitrogens with zero attached hydrogens (tertiary/aromatic N) is 2. The van der Waals surface area contributed by atoms with E-state index in [-0.39, 0.29) is 29.5 Å². The van der Waals surface area contributed by atoms with Crippen molar-refractivity contribution in [3.8, 4) is 11.5 Å². The molecule has 38 heavy (non-hydrogen) atoms. The van der Waals surface area contributed by atoms with Crippen LogP contribution in [0.15, 0.2) is 36.5 Å². The maximum Gasteiger partial charge on any atom is 0.433 e. The minimum Gasteiger partial charge on any atom is -0.484 e. The molecule has 3 aliphatic carbocycles. The molecule has 0 spiro atoms. The number of carbonyl (C=O) groups is 2. The van der Waals surface area contributed by atoms with Gasteiger partial charge in [-0.3, -0.25) is 9.59 Å². The summed E-state index contributed by atoms with van der Waals surface area (Å²) in [6, 6.07) is 5.70. The van der Waals surface area contributed by atoms with Gasteiger partial charge in [-0.15, -0.1) is 0 Å². The van der Waals surface area contributed by atoms with E-state index in [4.69, 9.17) is 21.1 Å². The summed E-state index contributed by atoms with van der Waals surface area (Å²) in [5.41, 5.74) is -2.59. The molecule has 3 fully saturated rings. The molecule has 13 heteroatoms. The molecule has 0 saturated heterocycles. The molecule has 0 aliphatic heterocycles. The Balaban J connectivity index is 1.30. The normalized spacial score (nSPS) is 24.6. The van der Waals surface area contributed by atoms with Gasteiger partial charge >= 0.3 is 6.18 Å². The highest BCUT2D eigenvalue weighted by Gasteiger charge is 2.57. The molecule has 1 aromatic heterocycles. The van der Waals surface area contributed by atoms with Crippen LogP contribution in [-0.2, 0) is 15.8 Å². The SMILES string of the molecule is CN(C(=O)COc1ccc(C(F)(F)F)nc1)C12CCC(NC(=O)COc3ccc(Cl)c(F)c3)(CC1)C[C@H]2O. The van der Waals surface area contributed by atoms with E-state index < -0.39 is 53.3 Å². The standard InChI is InChI=1S/C25H26ClF4N3O5/c1-33(22(36)14-38-16-3-5-19(31-12-16)25(28,29)30)24-8-6-23(7-9-24,11-20(24)34)32-21(35)13-37-15-2-4-17(26)18(27)10-15/h2-5,10,12,20,34H,6-9,11,13-14H2,1H3,(H,32,35)/t20-,23?,24?/m1/s1. The van der Waals surface area contributed by atoms with E-state index in [0.717, 1.165) is 24.4 Å². The number of pyridine rings is 1. The van der Waals surface area contributed by atoms with E-state index in [2.05, 4.69) is 10.3 Å². The molecule has 5 rings (SSSR count). The number of nitrogens with one attached hydrogen (secondary N) is 1. The summed E-state index contributed by atoms with van der Waals surface area (Å²) in [5.74, 6) is -1.38. The number of ether oxygens (including phenoxy) is 2. The van der Waals surface area contributed by atoms with Gasteiger partial charge in [-0.05, 0) is 56.4 Å². The lowest BCUT2D eigenvalue weighted by molar-refractivity contribution is -0.160. The average molecular weight is 560 g/mol. The quantitative estimate of drug-likeness (QED) is 0.478. The first-order chi connectivity index (χ1) is 17.8. The molecule has 3 saturated carbocycles. The van der Waals surface area contributed by atoms with Gasteiger partial charge < -0.3 is 24.8 Å². The number of amides is 2. The average Bonchev–Trinajstić information content (AvgIpc) is 2.87. The van der Waals surface area contributed by atoms with Gasteiger partial charge in [0, 0.05) is 18.7 Å². The maximum atomic E-state index is 13.6. The lowest BCUT2D eigenvalue weighted by Gasteiger charge is -2.59. The molecular formula is C25H26ClF4N3O5. The van der Waals surface area contributed by atoms with Crippen LogP contribution < -0.4 is 14.8 Å². The van der Waals surface area contributed by atoms with E-state index in [0.29, 0.717) is 25.7 Å². The number of halogens is 5. The van der Waals surface area contributed by atoms with E-state index in [1.807, 2.05) is 0 Å². The molecule has 2 N–H and O–H groups in total. The van der Waals surface area contributed by atoms with Crippen LogP contribution in [0.4, 0.5) is 17.6 Å². The fourth-order valence-corrected chi connectivity index (χ4v) is 5.28. The van der Waals surface area contributed by atoms with Crippen LogP contribution in [0.5, 0.6) is 11.5 Å². The largest absolute Gasteiger partial charge is 0.484 e. The summed E-state index contributed by atoms with van der Waals surface area (Å²) in [6.07, 6.45) is -2.55. The van der Waals surface area contributed by atoms with Crippen molar-refractivity contribution in [1.29, 1.82) is 0 Å². The van der Waals surface area contributed by atoms with Gasteiger partial charge in [0.05, 0.1) is 22.9 Å². The summed E-state index contributed by atoms with van der Waals surface area (Å²) < 4.78 is 62.2. The third-order valence-corrected chi connectivity index (χ3v) is 7.68. The van der Waals surface area contributed by atoms with E-state index in [9.17, 15) is 32.3 Å². The molecule has 1 heterocycles. The molecular weight excluding hydrogens is 534 g/mol. The Morgan fingerprint density at radius 3 is 2.37 bits per heavy atom. The molecule has 0 unspecified atom stereocenters. The van der Waals surface area contributed by atoms with E-state index >= 15 is 0 Å². The number of carbonyl (C=O) groups excluding carboxylic acids is 2. The van der Waals surface area contributed by atoms with Crippen molar-refractivity contribution in [1.82, 2.24) is 15.2 Å². The molecule has 8 nitrogen and oxygen atoms in total. The number of rotatable bonds is 8. The van der Waals surface area contributed by atoms with Gasteiger partial charge in [-0.25, -0.2) is 9.37 Å². The Hall–Kier alpha value is -3.12. The monoisotopic (exact) mass is 559 g/mol. The second-order valence-electron chi connectivity index (χ2n) is 9.63. The van der Waals surface area contributed by atoms with Gasteiger partial charge in [0.1, 0.15) is 23.0 Å². The fraction of sp³-hybridized carbons (Fsp3) is 0.480. The number of likely N-dealkylation sites (N-methyl/N-ethyl adjacent to an activating group) is 1. The number of aliphatic hydroxyl groups excluding tert-OH is 1. The lowest BCUT2D eigenvalue weighted by atomic mass is 9.59.